The molecular weight excluding hydrogens is 278 g/mol. The Hall–Kier alpha value is -2.03. The Bertz CT molecular complexity index is 455. The van der Waals surface area contributed by atoms with Gasteiger partial charge in [0, 0.05) is 0 Å². The number of hydrogen-bond acceptors (Lipinski definition) is 6. The van der Waals surface area contributed by atoms with Crippen LogP contribution in [0.25, 0.3) is 0 Å². The number of pyridine rings is 1. The Morgan fingerprint density at radius 2 is 1.29 bits per heavy atom. The van der Waals surface area contributed by atoms with Crippen molar-refractivity contribution in [2.45, 2.75) is 0 Å². The fraction of sp³-hybridized carbons (Fsp3) is 0.462. The third kappa shape index (κ3) is 5.86. The first kappa shape index (κ1) is 15.4. The summed E-state index contributed by atoms with van der Waals surface area (Å²) >= 11 is 0. The Kier molecular flexibility index (Phi) is 6.07. The normalized spacial score (nSPS) is 18.7. The van der Waals surface area contributed by atoms with Crippen molar-refractivity contribution in [1.29, 1.82) is 0 Å². The van der Waals surface area contributed by atoms with Crippen LogP contribution in [0.4, 0.5) is 11.6 Å². The second-order valence-electron chi connectivity index (χ2n) is 4.22. The molecule has 21 heavy (non-hydrogen) atoms. The molecule has 0 radical (unpaired) electrons. The van der Waals surface area contributed by atoms with Crippen molar-refractivity contribution < 1.29 is 23.8 Å². The topological polar surface area (TPSA) is 98.8 Å². The Morgan fingerprint density at radius 1 is 0.810 bits per heavy atom. The maximum absolute atomic E-state index is 11.6. The molecule has 0 saturated heterocycles. The molecule has 1 aliphatic rings. The van der Waals surface area contributed by atoms with Crippen molar-refractivity contribution in [3.8, 4) is 0 Å². The molecule has 2 bridgehead atoms. The van der Waals surface area contributed by atoms with E-state index in [9.17, 15) is 9.59 Å². The summed E-state index contributed by atoms with van der Waals surface area (Å²) in [5.41, 5.74) is 0. The van der Waals surface area contributed by atoms with Gasteiger partial charge in [0.25, 0.3) is 11.8 Å². The van der Waals surface area contributed by atoms with Crippen LogP contribution in [0.5, 0.6) is 0 Å². The molecule has 0 aliphatic carbocycles. The highest BCUT2D eigenvalue weighted by atomic mass is 16.5. The molecule has 0 unspecified atom stereocenters. The first-order valence-electron chi connectivity index (χ1n) is 6.54. The largest absolute Gasteiger partial charge is 0.377 e. The van der Waals surface area contributed by atoms with Gasteiger partial charge in [0.2, 0.25) is 0 Å². The van der Waals surface area contributed by atoms with E-state index in [4.69, 9.17) is 14.2 Å². The average molecular weight is 295 g/mol. The van der Waals surface area contributed by atoms with Gasteiger partial charge in [-0.25, -0.2) is 4.98 Å². The van der Waals surface area contributed by atoms with E-state index in [1.165, 1.54) is 0 Å². The molecule has 2 heterocycles. The van der Waals surface area contributed by atoms with Gasteiger partial charge in [-0.1, -0.05) is 6.07 Å². The van der Waals surface area contributed by atoms with Gasteiger partial charge in [0.05, 0.1) is 26.4 Å². The van der Waals surface area contributed by atoms with Crippen LogP contribution in [0.1, 0.15) is 0 Å². The lowest BCUT2D eigenvalue weighted by atomic mass is 10.4. The summed E-state index contributed by atoms with van der Waals surface area (Å²) in [5.74, 6) is 0.0409. The summed E-state index contributed by atoms with van der Waals surface area (Å²) in [6.07, 6.45) is 0. The fourth-order valence-electron chi connectivity index (χ4n) is 1.60. The van der Waals surface area contributed by atoms with E-state index in [-0.39, 0.29) is 25.0 Å². The zero-order valence-corrected chi connectivity index (χ0v) is 11.5. The molecule has 0 fully saturated rings. The number of fused-ring (bicyclic) bond motifs is 2. The van der Waals surface area contributed by atoms with Crippen molar-refractivity contribution in [2.75, 3.05) is 50.3 Å². The highest BCUT2D eigenvalue weighted by molar-refractivity contribution is 5.92. The van der Waals surface area contributed by atoms with E-state index in [2.05, 4.69) is 15.6 Å². The van der Waals surface area contributed by atoms with E-state index >= 15 is 0 Å². The van der Waals surface area contributed by atoms with Crippen LogP contribution in [0.3, 0.4) is 0 Å². The first-order chi connectivity index (χ1) is 10.2. The number of carbonyl (C=O) groups excluding carboxylic acids is 2. The van der Waals surface area contributed by atoms with Crippen molar-refractivity contribution in [3.63, 3.8) is 0 Å². The maximum Gasteiger partial charge on any atom is 0.251 e. The molecule has 0 aromatic carbocycles. The Labute approximate surface area is 121 Å². The van der Waals surface area contributed by atoms with E-state index in [0.717, 1.165) is 0 Å². The Balaban J connectivity index is 2.00. The first-order valence-corrected chi connectivity index (χ1v) is 6.54. The second-order valence-corrected chi connectivity index (χ2v) is 4.22. The quantitative estimate of drug-likeness (QED) is 0.700. The van der Waals surface area contributed by atoms with Gasteiger partial charge in [-0.2, -0.15) is 0 Å². The highest BCUT2D eigenvalue weighted by Crippen LogP contribution is 2.09. The van der Waals surface area contributed by atoms with Crippen LogP contribution in [-0.4, -0.2) is 56.4 Å². The van der Waals surface area contributed by atoms with E-state index in [1.54, 1.807) is 18.2 Å². The fourth-order valence-corrected chi connectivity index (χ4v) is 1.60. The smallest absolute Gasteiger partial charge is 0.251 e. The SMILES string of the molecule is O=C1COCCOCCOCC(=O)Nc2cccc(n2)N1. The molecule has 2 amide bonds. The molecule has 1 aromatic heterocycles. The van der Waals surface area contributed by atoms with Gasteiger partial charge in [0.1, 0.15) is 24.8 Å². The minimum absolute atomic E-state index is 0.0852. The molecule has 0 atom stereocenters. The molecule has 8 nitrogen and oxygen atoms in total. The van der Waals surface area contributed by atoms with E-state index in [0.29, 0.717) is 38.1 Å². The number of rotatable bonds is 0. The zero-order chi connectivity index (χ0) is 14.9. The van der Waals surface area contributed by atoms with Crippen LogP contribution < -0.4 is 10.6 Å². The summed E-state index contributed by atoms with van der Waals surface area (Å²) in [5, 5.41) is 5.16. The van der Waals surface area contributed by atoms with Crippen LogP contribution in [0, 0.1) is 0 Å². The van der Waals surface area contributed by atoms with E-state index < -0.39 is 0 Å². The minimum Gasteiger partial charge on any atom is -0.377 e. The molecule has 1 aromatic rings. The molecular formula is C13H17N3O5. The number of aromatic nitrogens is 1. The van der Waals surface area contributed by atoms with Crippen molar-refractivity contribution in [2.24, 2.45) is 0 Å². The van der Waals surface area contributed by atoms with E-state index in [1.807, 2.05) is 0 Å². The number of anilines is 2. The van der Waals surface area contributed by atoms with Gasteiger partial charge in [0.15, 0.2) is 0 Å². The number of ether oxygens (including phenoxy) is 3. The third-order valence-corrected chi connectivity index (χ3v) is 2.49. The molecule has 2 rings (SSSR count). The maximum atomic E-state index is 11.6. The standard InChI is InChI=1S/C13H17N3O5/c17-12-8-20-6-4-19-5-7-21-9-13(18)16-11-3-1-2-10(14-11)15-12/h1-3H,4-9H2,(H2,14,15,16,17,18). The molecule has 0 spiro atoms. The molecule has 114 valence electrons. The number of carbonyl (C=O) groups is 2. The highest BCUT2D eigenvalue weighted by Gasteiger charge is 2.07. The lowest BCUT2D eigenvalue weighted by Crippen LogP contribution is -2.23. The molecule has 8 heteroatoms. The predicted molar refractivity (Wildman–Crippen MR) is 74.0 cm³/mol. The molecule has 2 N–H and O–H groups in total. The van der Waals surface area contributed by atoms with Crippen LogP contribution >= 0.6 is 0 Å². The van der Waals surface area contributed by atoms with Gasteiger partial charge in [-0.3, -0.25) is 9.59 Å². The summed E-state index contributed by atoms with van der Waals surface area (Å²) in [6, 6.07) is 4.92. The average Bonchev–Trinajstić information content (AvgIpc) is 2.45. The molecule has 1 aliphatic heterocycles. The van der Waals surface area contributed by atoms with Gasteiger partial charge in [-0.15, -0.1) is 0 Å². The summed E-state index contributed by atoms with van der Waals surface area (Å²) in [4.78, 5) is 27.3. The van der Waals surface area contributed by atoms with Gasteiger partial charge >= 0.3 is 0 Å². The van der Waals surface area contributed by atoms with Gasteiger partial charge < -0.3 is 24.8 Å². The lowest BCUT2D eigenvalue weighted by molar-refractivity contribution is -0.121. The minimum atomic E-state index is -0.318. The summed E-state index contributed by atoms with van der Waals surface area (Å²) in [6.45, 7) is 1.16. The number of nitrogens with one attached hydrogen (secondary N) is 2. The van der Waals surface area contributed by atoms with Crippen LogP contribution in [0.2, 0.25) is 0 Å². The summed E-state index contributed by atoms with van der Waals surface area (Å²) < 4.78 is 15.5. The number of amides is 2. The van der Waals surface area contributed by atoms with Gasteiger partial charge in [-0.05, 0) is 12.1 Å². The monoisotopic (exact) mass is 295 g/mol. The van der Waals surface area contributed by atoms with Crippen molar-refractivity contribution >= 4 is 23.5 Å². The number of nitrogens with zero attached hydrogens (tertiary/aromatic N) is 1. The third-order valence-electron chi connectivity index (χ3n) is 2.49. The van der Waals surface area contributed by atoms with Crippen molar-refractivity contribution in [1.82, 2.24) is 4.98 Å². The van der Waals surface area contributed by atoms with Crippen LogP contribution in [-0.2, 0) is 23.8 Å². The molecule has 0 saturated carbocycles. The van der Waals surface area contributed by atoms with Crippen molar-refractivity contribution in [3.05, 3.63) is 18.2 Å². The second kappa shape index (κ2) is 8.30. The lowest BCUT2D eigenvalue weighted by Gasteiger charge is -2.10. The summed E-state index contributed by atoms with van der Waals surface area (Å²) in [7, 11) is 0. The number of hydrogen-bond donors (Lipinski definition) is 2. The Morgan fingerprint density at radius 3 is 1.81 bits per heavy atom. The zero-order valence-electron chi connectivity index (χ0n) is 11.5. The predicted octanol–water partition coefficient (Wildman–Crippen LogP) is 0.0220. The van der Waals surface area contributed by atoms with Crippen LogP contribution in [0.15, 0.2) is 18.2 Å².